The number of para-hydroxylation sites is 1. The van der Waals surface area contributed by atoms with Crippen molar-refractivity contribution in [1.29, 1.82) is 0 Å². The van der Waals surface area contributed by atoms with Crippen LogP contribution in [0, 0.1) is 0 Å². The highest BCUT2D eigenvalue weighted by atomic mass is 16.3. The Kier molecular flexibility index (Phi) is 15.3. The van der Waals surface area contributed by atoms with Crippen molar-refractivity contribution in [1.82, 2.24) is 0 Å². The lowest BCUT2D eigenvalue weighted by Crippen LogP contribution is -2.10. The average Bonchev–Trinajstić information content (AvgIpc) is 3.38. The smallest absolute Gasteiger partial charge is 0.119 e. The lowest BCUT2D eigenvalue weighted by molar-refractivity contribution is 0.413. The molecule has 0 amide bonds. The topological polar surface area (TPSA) is 121 Å². The van der Waals surface area contributed by atoms with Crippen molar-refractivity contribution in [3.05, 3.63) is 177 Å². The standard InChI is InChI=1S/2C31H36O3/c32-28-14-8-7-13-25(28)31(23-15-17-29(33)26(19-23)21-9-3-1-4-10-21)24-16-18-30(34)27(20-24)22-11-5-2-6-12-22;32-26-13-7-12-23(18-26)31(24-14-16-29(33)27(19-24)21-8-3-1-4-9-21)25-15-17-30(34)28(20-25)22-10-5-2-6-11-22/h7-8,13-22,31-34H,1-6,9-12H2;7,12-22,31-34H,1-6,8-11H2. The molecule has 0 radical (unpaired) electrons. The van der Waals surface area contributed by atoms with Gasteiger partial charge in [0.25, 0.3) is 0 Å². The fourth-order valence-corrected chi connectivity index (χ4v) is 12.5. The summed E-state index contributed by atoms with van der Waals surface area (Å²) < 4.78 is 0. The van der Waals surface area contributed by atoms with Gasteiger partial charge in [0.1, 0.15) is 34.5 Å². The van der Waals surface area contributed by atoms with Crippen molar-refractivity contribution in [2.24, 2.45) is 0 Å². The van der Waals surface area contributed by atoms with Crippen molar-refractivity contribution in [2.45, 2.75) is 164 Å². The highest BCUT2D eigenvalue weighted by molar-refractivity contribution is 5.55. The van der Waals surface area contributed by atoms with Crippen LogP contribution < -0.4 is 0 Å². The van der Waals surface area contributed by atoms with E-state index in [9.17, 15) is 30.6 Å². The molecule has 6 heteroatoms. The van der Waals surface area contributed by atoms with E-state index in [-0.39, 0.29) is 23.3 Å². The maximum Gasteiger partial charge on any atom is 0.119 e. The van der Waals surface area contributed by atoms with Gasteiger partial charge < -0.3 is 30.6 Å². The monoisotopic (exact) mass is 913 g/mol. The van der Waals surface area contributed by atoms with E-state index in [2.05, 4.69) is 30.3 Å². The van der Waals surface area contributed by atoms with Crippen LogP contribution in [0.1, 0.15) is 220 Å². The van der Waals surface area contributed by atoms with Crippen LogP contribution in [-0.4, -0.2) is 30.6 Å². The van der Waals surface area contributed by atoms with Crippen LogP contribution in [0.4, 0.5) is 0 Å². The molecule has 4 fully saturated rings. The average molecular weight is 913 g/mol. The molecule has 6 aromatic carbocycles. The van der Waals surface area contributed by atoms with Gasteiger partial charge in [-0.15, -0.1) is 0 Å². The first-order valence-electron chi connectivity index (χ1n) is 26.1. The van der Waals surface area contributed by atoms with Gasteiger partial charge >= 0.3 is 0 Å². The van der Waals surface area contributed by atoms with Crippen LogP contribution in [0.2, 0.25) is 0 Å². The summed E-state index contributed by atoms with van der Waals surface area (Å²) in [5.74, 6) is 3.36. The Morgan fingerprint density at radius 1 is 0.279 bits per heavy atom. The molecule has 6 aromatic rings. The van der Waals surface area contributed by atoms with E-state index in [4.69, 9.17) is 0 Å². The number of phenols is 6. The minimum Gasteiger partial charge on any atom is -0.508 e. The fourth-order valence-electron chi connectivity index (χ4n) is 12.5. The molecule has 0 aromatic heterocycles. The Labute approximate surface area is 404 Å². The zero-order valence-corrected chi connectivity index (χ0v) is 39.8. The van der Waals surface area contributed by atoms with E-state index in [0.29, 0.717) is 46.7 Å². The largest absolute Gasteiger partial charge is 0.508 e. The minimum atomic E-state index is -0.174. The molecule has 0 spiro atoms. The van der Waals surface area contributed by atoms with Gasteiger partial charge in [-0.2, -0.15) is 0 Å². The number of hydrogen-bond acceptors (Lipinski definition) is 6. The molecular formula is C62H72O6. The first kappa shape index (κ1) is 47.2. The zero-order valence-electron chi connectivity index (χ0n) is 39.8. The van der Waals surface area contributed by atoms with E-state index in [1.807, 2.05) is 78.9 Å². The Morgan fingerprint density at radius 2 is 0.603 bits per heavy atom. The van der Waals surface area contributed by atoms with E-state index < -0.39 is 0 Å². The Hall–Kier alpha value is -5.88. The Bertz CT molecular complexity index is 2470. The summed E-state index contributed by atoms with van der Waals surface area (Å²) in [5, 5.41) is 64.1. The van der Waals surface area contributed by atoms with Crippen molar-refractivity contribution in [3.63, 3.8) is 0 Å². The third-order valence-electron chi connectivity index (χ3n) is 16.2. The second kappa shape index (κ2) is 22.0. The van der Waals surface area contributed by atoms with Crippen molar-refractivity contribution < 1.29 is 30.6 Å². The Balaban J connectivity index is 0.000000170. The molecule has 0 heterocycles. The van der Waals surface area contributed by atoms with Gasteiger partial charge in [-0.05, 0) is 168 Å². The van der Waals surface area contributed by atoms with Crippen molar-refractivity contribution >= 4 is 0 Å². The number of benzene rings is 6. The summed E-state index contributed by atoms with van der Waals surface area (Å²) in [6.07, 6.45) is 23.7. The third kappa shape index (κ3) is 10.9. The van der Waals surface area contributed by atoms with E-state index in [0.717, 1.165) is 107 Å². The van der Waals surface area contributed by atoms with Crippen LogP contribution in [0.3, 0.4) is 0 Å². The number of phenolic OH excluding ortho intramolecular Hbond substituents is 6. The van der Waals surface area contributed by atoms with Gasteiger partial charge in [-0.1, -0.05) is 156 Å². The lowest BCUT2D eigenvalue weighted by Gasteiger charge is -2.27. The predicted molar refractivity (Wildman–Crippen MR) is 274 cm³/mol. The predicted octanol–water partition coefficient (Wildman–Crippen LogP) is 16.2. The summed E-state index contributed by atoms with van der Waals surface area (Å²) in [6.45, 7) is 0. The first-order valence-corrected chi connectivity index (χ1v) is 26.1. The van der Waals surface area contributed by atoms with E-state index >= 15 is 0 Å². The normalized spacial score (nSPS) is 17.8. The number of aromatic hydroxyl groups is 6. The molecule has 0 bridgehead atoms. The molecule has 6 nitrogen and oxygen atoms in total. The van der Waals surface area contributed by atoms with Gasteiger partial charge in [-0.25, -0.2) is 0 Å². The van der Waals surface area contributed by atoms with Crippen molar-refractivity contribution in [2.75, 3.05) is 0 Å². The molecule has 68 heavy (non-hydrogen) atoms. The summed E-state index contributed by atoms with van der Waals surface area (Å²) in [7, 11) is 0. The summed E-state index contributed by atoms with van der Waals surface area (Å²) >= 11 is 0. The van der Waals surface area contributed by atoms with Gasteiger partial charge in [0.05, 0.1) is 0 Å². The second-order valence-electron chi connectivity index (χ2n) is 20.6. The molecule has 0 unspecified atom stereocenters. The third-order valence-corrected chi connectivity index (χ3v) is 16.2. The highest BCUT2D eigenvalue weighted by Crippen LogP contribution is 2.47. The molecule has 6 N–H and O–H groups in total. The molecule has 4 aliphatic carbocycles. The van der Waals surface area contributed by atoms with Crippen LogP contribution in [0.25, 0.3) is 0 Å². The number of hydrogen-bond donors (Lipinski definition) is 6. The molecule has 356 valence electrons. The van der Waals surface area contributed by atoms with E-state index in [1.54, 1.807) is 12.1 Å². The second-order valence-corrected chi connectivity index (χ2v) is 20.6. The molecule has 4 saturated carbocycles. The Morgan fingerprint density at radius 3 is 0.941 bits per heavy atom. The molecule has 4 aliphatic rings. The first-order chi connectivity index (χ1) is 33.2. The van der Waals surface area contributed by atoms with Crippen LogP contribution in [-0.2, 0) is 0 Å². The van der Waals surface area contributed by atoms with Crippen LogP contribution in [0.15, 0.2) is 121 Å². The van der Waals surface area contributed by atoms with Crippen LogP contribution >= 0.6 is 0 Å². The summed E-state index contributed by atoms with van der Waals surface area (Å²) in [5.41, 5.74) is 10.4. The highest BCUT2D eigenvalue weighted by Gasteiger charge is 2.28. The maximum atomic E-state index is 10.9. The van der Waals surface area contributed by atoms with Gasteiger partial charge in [-0.3, -0.25) is 0 Å². The molecule has 0 atom stereocenters. The lowest BCUT2D eigenvalue weighted by atomic mass is 9.78. The van der Waals surface area contributed by atoms with Gasteiger partial charge in [0, 0.05) is 17.4 Å². The van der Waals surface area contributed by atoms with Crippen LogP contribution in [0.5, 0.6) is 34.5 Å². The molecule has 10 rings (SSSR count). The summed E-state index contributed by atoms with van der Waals surface area (Å²) in [4.78, 5) is 0. The quantitative estimate of drug-likeness (QED) is 0.0762. The SMILES string of the molecule is Oc1ccc(C(c2ccc(O)c(C3CCCCC3)c2)c2ccccc2O)cc1C1CCCCC1.Oc1cccc(C(c2ccc(O)c(C3CCCCC3)c2)c2ccc(O)c(C3CCCCC3)c2)c1. The number of rotatable bonds is 10. The van der Waals surface area contributed by atoms with E-state index in [1.165, 1.54) is 77.0 Å². The zero-order chi connectivity index (χ0) is 47.0. The summed E-state index contributed by atoms with van der Waals surface area (Å²) in [6, 6.07) is 39.1. The molecule has 0 aliphatic heterocycles. The molecular weight excluding hydrogens is 841 g/mol. The van der Waals surface area contributed by atoms with Crippen molar-refractivity contribution in [3.8, 4) is 34.5 Å². The minimum absolute atomic E-state index is 0.0852. The maximum absolute atomic E-state index is 10.9. The van der Waals surface area contributed by atoms with Gasteiger partial charge in [0.2, 0.25) is 0 Å². The van der Waals surface area contributed by atoms with Gasteiger partial charge in [0.15, 0.2) is 0 Å². The molecule has 0 saturated heterocycles. The fraction of sp³-hybridized carbons (Fsp3) is 0.419.